The van der Waals surface area contributed by atoms with E-state index in [1.807, 2.05) is 16.4 Å². The van der Waals surface area contributed by atoms with Gasteiger partial charge < -0.3 is 31.3 Å². The van der Waals surface area contributed by atoms with E-state index in [4.69, 9.17) is 5.11 Å². The van der Waals surface area contributed by atoms with Gasteiger partial charge >= 0.3 is 5.97 Å². The fourth-order valence-electron chi connectivity index (χ4n) is 3.22. The third-order valence-corrected chi connectivity index (χ3v) is 5.62. The van der Waals surface area contributed by atoms with Crippen molar-refractivity contribution in [3.05, 3.63) is 46.5 Å². The number of piperidine rings is 1. The number of carboxylic acid groups (broad SMARTS) is 1. The second kappa shape index (κ2) is 9.39. The molecule has 0 saturated carbocycles. The number of aromatic carboxylic acids is 1. The number of benzene rings is 1. The number of carbonyl (C=O) groups excluding carboxylic acids is 1. The summed E-state index contributed by atoms with van der Waals surface area (Å²) in [6.07, 6.45) is 1.23. The summed E-state index contributed by atoms with van der Waals surface area (Å²) in [6, 6.07) is 8.53. The molecule has 1 aromatic carbocycles. The highest BCUT2D eigenvalue weighted by molar-refractivity contribution is 7.14. The molecule has 0 spiro atoms. The van der Waals surface area contributed by atoms with Crippen LogP contribution >= 0.6 is 11.3 Å². The maximum Gasteiger partial charge on any atom is 0.338 e. The van der Waals surface area contributed by atoms with Crippen LogP contribution in [0.15, 0.2) is 40.7 Å². The molecule has 4 N–H and O–H groups in total. The van der Waals surface area contributed by atoms with E-state index in [1.54, 1.807) is 30.6 Å². The van der Waals surface area contributed by atoms with Gasteiger partial charge in [0.1, 0.15) is 5.00 Å². The SMILES string of the molecule is CN=C(Nc1ccccc1N[O-])N1CCC(C(=O)Nc2sccc2C(=O)O)CC1. The summed E-state index contributed by atoms with van der Waals surface area (Å²) in [5, 5.41) is 28.2. The Balaban J connectivity index is 1.58. The van der Waals surface area contributed by atoms with E-state index in [9.17, 15) is 14.8 Å². The molecule has 154 valence electrons. The first kappa shape index (κ1) is 20.6. The van der Waals surface area contributed by atoms with Crippen molar-refractivity contribution in [1.29, 1.82) is 0 Å². The normalized spacial score (nSPS) is 15.1. The third kappa shape index (κ3) is 4.84. The summed E-state index contributed by atoms with van der Waals surface area (Å²) < 4.78 is 0. The van der Waals surface area contributed by atoms with Gasteiger partial charge in [0.2, 0.25) is 5.91 Å². The molecule has 3 rings (SSSR count). The maximum absolute atomic E-state index is 12.6. The zero-order valence-corrected chi connectivity index (χ0v) is 16.7. The number of guanidine groups is 1. The van der Waals surface area contributed by atoms with Crippen LogP contribution in [-0.2, 0) is 4.79 Å². The third-order valence-electron chi connectivity index (χ3n) is 4.79. The maximum atomic E-state index is 12.6. The number of carbonyl (C=O) groups is 2. The van der Waals surface area contributed by atoms with Crippen molar-refractivity contribution in [1.82, 2.24) is 4.90 Å². The molecule has 0 radical (unpaired) electrons. The molecule has 1 saturated heterocycles. The number of nitrogens with one attached hydrogen (secondary N) is 3. The molecule has 0 aliphatic carbocycles. The zero-order valence-electron chi connectivity index (χ0n) is 15.8. The lowest BCUT2D eigenvalue weighted by atomic mass is 9.96. The highest BCUT2D eigenvalue weighted by Crippen LogP contribution is 2.27. The van der Waals surface area contributed by atoms with E-state index in [0.717, 1.165) is 0 Å². The summed E-state index contributed by atoms with van der Waals surface area (Å²) in [6.45, 7) is 1.22. The predicted octanol–water partition coefficient (Wildman–Crippen LogP) is 3.10. The minimum Gasteiger partial charge on any atom is -0.761 e. The molecule has 0 atom stereocenters. The van der Waals surface area contributed by atoms with Gasteiger partial charge in [-0.25, -0.2) is 4.79 Å². The van der Waals surface area contributed by atoms with Crippen LogP contribution in [0.4, 0.5) is 16.4 Å². The summed E-state index contributed by atoms with van der Waals surface area (Å²) in [5.74, 6) is -0.806. The predicted molar refractivity (Wildman–Crippen MR) is 115 cm³/mol. The Morgan fingerprint density at radius 3 is 2.48 bits per heavy atom. The first-order valence-electron chi connectivity index (χ1n) is 9.11. The number of anilines is 3. The van der Waals surface area contributed by atoms with Crippen molar-refractivity contribution in [3.8, 4) is 0 Å². The first-order valence-corrected chi connectivity index (χ1v) is 9.99. The van der Waals surface area contributed by atoms with Crippen molar-refractivity contribution in [3.63, 3.8) is 0 Å². The molecule has 0 bridgehead atoms. The molecule has 1 aliphatic rings. The van der Waals surface area contributed by atoms with Crippen molar-refractivity contribution in [2.45, 2.75) is 12.8 Å². The number of aliphatic imine (C=N–C) groups is 1. The molecule has 9 nitrogen and oxygen atoms in total. The highest BCUT2D eigenvalue weighted by atomic mass is 32.1. The topological polar surface area (TPSA) is 129 Å². The number of hydrogen-bond donors (Lipinski definition) is 4. The quantitative estimate of drug-likeness (QED) is 0.335. The molecular weight excluding hydrogens is 394 g/mol. The van der Waals surface area contributed by atoms with E-state index in [2.05, 4.69) is 15.6 Å². The Hall–Kier alpha value is -3.11. The van der Waals surface area contributed by atoms with E-state index < -0.39 is 5.97 Å². The van der Waals surface area contributed by atoms with Crippen LogP contribution in [0.5, 0.6) is 0 Å². The minimum absolute atomic E-state index is 0.107. The Morgan fingerprint density at radius 2 is 1.86 bits per heavy atom. The van der Waals surface area contributed by atoms with Crippen molar-refractivity contribution in [2.24, 2.45) is 10.9 Å². The average Bonchev–Trinajstić information content (AvgIpc) is 3.21. The van der Waals surface area contributed by atoms with Gasteiger partial charge in [0, 0.05) is 31.7 Å². The number of para-hydroxylation sites is 2. The van der Waals surface area contributed by atoms with Crippen LogP contribution in [0.25, 0.3) is 0 Å². The molecule has 0 unspecified atom stereocenters. The van der Waals surface area contributed by atoms with Crippen molar-refractivity contribution < 1.29 is 14.7 Å². The van der Waals surface area contributed by atoms with Gasteiger partial charge in [-0.2, -0.15) is 0 Å². The van der Waals surface area contributed by atoms with Gasteiger partial charge in [-0.3, -0.25) is 9.79 Å². The van der Waals surface area contributed by atoms with Gasteiger partial charge in [0.25, 0.3) is 0 Å². The fourth-order valence-corrected chi connectivity index (χ4v) is 4.00. The lowest BCUT2D eigenvalue weighted by Crippen LogP contribution is -2.44. The van der Waals surface area contributed by atoms with Crippen molar-refractivity contribution >= 4 is 45.5 Å². The van der Waals surface area contributed by atoms with Crippen LogP contribution < -0.4 is 16.1 Å². The molecule has 1 fully saturated rings. The monoisotopic (exact) mass is 416 g/mol. The van der Waals surface area contributed by atoms with Crippen LogP contribution in [-0.4, -0.2) is 48.0 Å². The molecule has 29 heavy (non-hydrogen) atoms. The van der Waals surface area contributed by atoms with Crippen molar-refractivity contribution in [2.75, 3.05) is 36.3 Å². The molecular formula is C19H22N5O4S-. The number of rotatable bonds is 5. The second-order valence-electron chi connectivity index (χ2n) is 6.54. The van der Waals surface area contributed by atoms with Crippen LogP contribution in [0.3, 0.4) is 0 Å². The molecule has 1 aliphatic heterocycles. The second-order valence-corrected chi connectivity index (χ2v) is 7.46. The Bertz CT molecular complexity index is 906. The number of hydrogen-bond acceptors (Lipinski definition) is 6. The van der Waals surface area contributed by atoms with Crippen LogP contribution in [0, 0.1) is 11.1 Å². The fraction of sp³-hybridized carbons (Fsp3) is 0.316. The zero-order chi connectivity index (χ0) is 20.8. The van der Waals surface area contributed by atoms with Crippen LogP contribution in [0.2, 0.25) is 0 Å². The summed E-state index contributed by atoms with van der Waals surface area (Å²) in [7, 11) is 1.67. The minimum atomic E-state index is -1.06. The Morgan fingerprint density at radius 1 is 1.17 bits per heavy atom. The van der Waals surface area contributed by atoms with Gasteiger partial charge in [0.05, 0.1) is 11.3 Å². The summed E-state index contributed by atoms with van der Waals surface area (Å²) >= 11 is 1.20. The van der Waals surface area contributed by atoms with Gasteiger partial charge in [-0.15, -0.1) is 11.3 Å². The molecule has 2 aromatic rings. The molecule has 2 heterocycles. The standard InChI is InChI=1S/C19H22N5O4S/c1-20-19(21-14-4-2-3-5-15(14)23-28)24-9-6-12(7-10-24)16(25)22-17-13(18(26)27)8-11-29-17/h2-5,8,11-12,23H,6-7,9-10H2,1H3,(H,20,21)(H,22,25)(H,26,27)/q-1. The lowest BCUT2D eigenvalue weighted by Gasteiger charge is -2.34. The number of amides is 1. The Labute approximate surface area is 172 Å². The first-order chi connectivity index (χ1) is 14.0. The summed E-state index contributed by atoms with van der Waals surface area (Å²) in [4.78, 5) is 30.1. The number of likely N-dealkylation sites (tertiary alicyclic amines) is 1. The van der Waals surface area contributed by atoms with E-state index in [0.29, 0.717) is 48.3 Å². The van der Waals surface area contributed by atoms with Crippen LogP contribution in [0.1, 0.15) is 23.2 Å². The van der Waals surface area contributed by atoms with E-state index in [-0.39, 0.29) is 17.4 Å². The smallest absolute Gasteiger partial charge is 0.338 e. The largest absolute Gasteiger partial charge is 0.761 e. The number of carboxylic acids is 1. The number of thiophene rings is 1. The van der Waals surface area contributed by atoms with E-state index >= 15 is 0 Å². The molecule has 1 amide bonds. The summed E-state index contributed by atoms with van der Waals surface area (Å²) in [5.41, 5.74) is 3.06. The number of nitrogens with zero attached hydrogens (tertiary/aromatic N) is 2. The van der Waals surface area contributed by atoms with E-state index in [1.165, 1.54) is 17.4 Å². The van der Waals surface area contributed by atoms with Gasteiger partial charge in [-0.05, 0) is 36.4 Å². The van der Waals surface area contributed by atoms with Gasteiger partial charge in [-0.1, -0.05) is 12.1 Å². The molecule has 1 aromatic heterocycles. The molecule has 10 heteroatoms. The van der Waals surface area contributed by atoms with Gasteiger partial charge in [0.15, 0.2) is 5.96 Å². The Kier molecular flexibility index (Phi) is 6.68. The lowest BCUT2D eigenvalue weighted by molar-refractivity contribution is -0.120. The average molecular weight is 416 g/mol. The highest BCUT2D eigenvalue weighted by Gasteiger charge is 2.27.